The molecule has 0 aliphatic rings. The standard InChI is InChI=1S/C20H19NOS/c1-15-6-4-10-18(12-15)21-20(22)14-23-13-17-9-5-8-16-7-2-3-11-19(16)17/h2-12H,13-14H2,1H3,(H,21,22). The number of anilines is 1. The molecule has 0 heterocycles. The lowest BCUT2D eigenvalue weighted by Crippen LogP contribution is -2.14. The van der Waals surface area contributed by atoms with Crippen LogP contribution >= 0.6 is 11.8 Å². The van der Waals surface area contributed by atoms with Crippen LogP contribution in [-0.2, 0) is 10.5 Å². The first-order valence-electron chi connectivity index (χ1n) is 7.63. The van der Waals surface area contributed by atoms with Crippen molar-refractivity contribution in [3.8, 4) is 0 Å². The molecule has 0 bridgehead atoms. The number of hydrogen-bond acceptors (Lipinski definition) is 2. The minimum absolute atomic E-state index is 0.0424. The van der Waals surface area contributed by atoms with E-state index in [0.717, 1.165) is 17.0 Å². The molecule has 23 heavy (non-hydrogen) atoms. The highest BCUT2D eigenvalue weighted by atomic mass is 32.2. The highest BCUT2D eigenvalue weighted by molar-refractivity contribution is 7.99. The molecule has 0 aliphatic carbocycles. The van der Waals surface area contributed by atoms with Crippen LogP contribution in [0.4, 0.5) is 5.69 Å². The molecule has 0 spiro atoms. The molecule has 0 aliphatic heterocycles. The van der Waals surface area contributed by atoms with Crippen molar-refractivity contribution in [2.45, 2.75) is 12.7 Å². The van der Waals surface area contributed by atoms with Crippen LogP contribution in [-0.4, -0.2) is 11.7 Å². The average Bonchev–Trinajstić information content (AvgIpc) is 2.55. The molecule has 0 unspecified atom stereocenters. The van der Waals surface area contributed by atoms with E-state index in [0.29, 0.717) is 5.75 Å². The van der Waals surface area contributed by atoms with Gasteiger partial charge in [-0.1, -0.05) is 54.6 Å². The summed E-state index contributed by atoms with van der Waals surface area (Å²) in [7, 11) is 0. The molecule has 0 radical (unpaired) electrons. The van der Waals surface area contributed by atoms with Crippen LogP contribution in [0.25, 0.3) is 10.8 Å². The minimum atomic E-state index is 0.0424. The van der Waals surface area contributed by atoms with Gasteiger partial charge >= 0.3 is 0 Å². The number of carbonyl (C=O) groups is 1. The van der Waals surface area contributed by atoms with E-state index >= 15 is 0 Å². The molecule has 3 heteroatoms. The van der Waals surface area contributed by atoms with Crippen molar-refractivity contribution >= 4 is 34.1 Å². The quantitative estimate of drug-likeness (QED) is 0.715. The van der Waals surface area contributed by atoms with Crippen LogP contribution in [0.3, 0.4) is 0 Å². The number of thioether (sulfide) groups is 1. The largest absolute Gasteiger partial charge is 0.325 e. The summed E-state index contributed by atoms with van der Waals surface area (Å²) in [6.45, 7) is 2.02. The van der Waals surface area contributed by atoms with Crippen molar-refractivity contribution in [2.75, 3.05) is 11.1 Å². The third kappa shape index (κ3) is 4.14. The monoisotopic (exact) mass is 321 g/mol. The van der Waals surface area contributed by atoms with E-state index in [1.807, 2.05) is 31.2 Å². The number of hydrogen-bond donors (Lipinski definition) is 1. The van der Waals surface area contributed by atoms with E-state index in [1.54, 1.807) is 11.8 Å². The fraction of sp³-hybridized carbons (Fsp3) is 0.150. The summed E-state index contributed by atoms with van der Waals surface area (Å²) in [4.78, 5) is 12.0. The van der Waals surface area contributed by atoms with Crippen molar-refractivity contribution in [3.05, 3.63) is 77.9 Å². The van der Waals surface area contributed by atoms with E-state index in [1.165, 1.54) is 16.3 Å². The molecule has 0 saturated heterocycles. The van der Waals surface area contributed by atoms with Crippen LogP contribution in [0.1, 0.15) is 11.1 Å². The fourth-order valence-corrected chi connectivity index (χ4v) is 3.42. The van der Waals surface area contributed by atoms with Gasteiger partial charge < -0.3 is 5.32 Å². The first kappa shape index (κ1) is 15.6. The van der Waals surface area contributed by atoms with Gasteiger partial charge in [0.1, 0.15) is 0 Å². The molecule has 116 valence electrons. The summed E-state index contributed by atoms with van der Waals surface area (Å²) in [5.41, 5.74) is 3.28. The van der Waals surface area contributed by atoms with Gasteiger partial charge in [-0.2, -0.15) is 0 Å². The number of benzene rings is 3. The Bertz CT molecular complexity index is 823. The molecule has 3 rings (SSSR count). The van der Waals surface area contributed by atoms with Crippen LogP contribution in [0, 0.1) is 6.92 Å². The van der Waals surface area contributed by atoms with Crippen molar-refractivity contribution in [1.29, 1.82) is 0 Å². The van der Waals surface area contributed by atoms with E-state index in [4.69, 9.17) is 0 Å². The maximum absolute atomic E-state index is 12.0. The number of fused-ring (bicyclic) bond motifs is 1. The number of carbonyl (C=O) groups excluding carboxylic acids is 1. The first-order valence-corrected chi connectivity index (χ1v) is 8.79. The van der Waals surface area contributed by atoms with Crippen molar-refractivity contribution < 1.29 is 4.79 Å². The van der Waals surface area contributed by atoms with Gasteiger partial charge in [-0.15, -0.1) is 11.8 Å². The Morgan fingerprint density at radius 1 is 1.00 bits per heavy atom. The molecule has 3 aromatic carbocycles. The Labute approximate surface area is 140 Å². The van der Waals surface area contributed by atoms with Crippen LogP contribution in [0.15, 0.2) is 66.7 Å². The van der Waals surface area contributed by atoms with E-state index in [-0.39, 0.29) is 5.91 Å². The Morgan fingerprint density at radius 2 is 1.78 bits per heavy atom. The molecule has 0 atom stereocenters. The zero-order chi connectivity index (χ0) is 16.1. The third-order valence-electron chi connectivity index (χ3n) is 3.67. The molecule has 3 aromatic rings. The molecular weight excluding hydrogens is 302 g/mol. The fourth-order valence-electron chi connectivity index (χ4n) is 2.59. The summed E-state index contributed by atoms with van der Waals surface area (Å²) in [6.07, 6.45) is 0. The number of amides is 1. The van der Waals surface area contributed by atoms with E-state index < -0.39 is 0 Å². The number of nitrogens with one attached hydrogen (secondary N) is 1. The Morgan fingerprint density at radius 3 is 2.65 bits per heavy atom. The normalized spacial score (nSPS) is 10.7. The molecule has 2 nitrogen and oxygen atoms in total. The summed E-state index contributed by atoms with van der Waals surface area (Å²) in [6, 6.07) is 22.6. The van der Waals surface area contributed by atoms with Gasteiger partial charge in [-0.25, -0.2) is 0 Å². The number of rotatable bonds is 5. The predicted molar refractivity (Wildman–Crippen MR) is 99.9 cm³/mol. The smallest absolute Gasteiger partial charge is 0.234 e. The highest BCUT2D eigenvalue weighted by Crippen LogP contribution is 2.22. The molecular formula is C20H19NOS. The second-order valence-electron chi connectivity index (χ2n) is 5.55. The minimum Gasteiger partial charge on any atom is -0.325 e. The molecule has 0 saturated carbocycles. The average molecular weight is 321 g/mol. The SMILES string of the molecule is Cc1cccc(NC(=O)CSCc2cccc3ccccc23)c1. The maximum atomic E-state index is 12.0. The van der Waals surface area contributed by atoms with Gasteiger partial charge in [-0.3, -0.25) is 4.79 Å². The highest BCUT2D eigenvalue weighted by Gasteiger charge is 2.05. The Balaban J connectivity index is 1.57. The summed E-state index contributed by atoms with van der Waals surface area (Å²) in [5.74, 6) is 1.33. The van der Waals surface area contributed by atoms with Crippen molar-refractivity contribution in [3.63, 3.8) is 0 Å². The van der Waals surface area contributed by atoms with Crippen molar-refractivity contribution in [2.24, 2.45) is 0 Å². The lowest BCUT2D eigenvalue weighted by atomic mass is 10.1. The van der Waals surface area contributed by atoms with Gasteiger partial charge in [0.15, 0.2) is 0 Å². The second kappa shape index (κ2) is 7.34. The van der Waals surface area contributed by atoms with Gasteiger partial charge in [0.25, 0.3) is 0 Å². The van der Waals surface area contributed by atoms with Gasteiger partial charge in [0, 0.05) is 11.4 Å². The van der Waals surface area contributed by atoms with Gasteiger partial charge in [-0.05, 0) is 41.0 Å². The topological polar surface area (TPSA) is 29.1 Å². The first-order chi connectivity index (χ1) is 11.2. The Kier molecular flexibility index (Phi) is 4.99. The zero-order valence-corrected chi connectivity index (χ0v) is 13.9. The maximum Gasteiger partial charge on any atom is 0.234 e. The summed E-state index contributed by atoms with van der Waals surface area (Å²) in [5, 5.41) is 5.46. The molecule has 0 aromatic heterocycles. The van der Waals surface area contributed by atoms with Gasteiger partial charge in [0.2, 0.25) is 5.91 Å². The second-order valence-corrected chi connectivity index (χ2v) is 6.53. The molecule has 1 amide bonds. The van der Waals surface area contributed by atoms with Crippen LogP contribution < -0.4 is 5.32 Å². The Hall–Kier alpha value is -2.26. The lowest BCUT2D eigenvalue weighted by Gasteiger charge is -2.08. The van der Waals surface area contributed by atoms with E-state index in [9.17, 15) is 4.79 Å². The predicted octanol–water partition coefficient (Wildman–Crippen LogP) is 5.02. The number of aryl methyl sites for hydroxylation is 1. The van der Waals surface area contributed by atoms with Gasteiger partial charge in [0.05, 0.1) is 5.75 Å². The zero-order valence-electron chi connectivity index (χ0n) is 13.1. The van der Waals surface area contributed by atoms with Crippen molar-refractivity contribution in [1.82, 2.24) is 0 Å². The molecule has 1 N–H and O–H groups in total. The molecule has 0 fully saturated rings. The summed E-state index contributed by atoms with van der Waals surface area (Å²) >= 11 is 1.64. The van der Waals surface area contributed by atoms with Crippen LogP contribution in [0.5, 0.6) is 0 Å². The van der Waals surface area contributed by atoms with E-state index in [2.05, 4.69) is 47.8 Å². The lowest BCUT2D eigenvalue weighted by molar-refractivity contribution is -0.113. The summed E-state index contributed by atoms with van der Waals surface area (Å²) < 4.78 is 0. The van der Waals surface area contributed by atoms with Crippen LogP contribution in [0.2, 0.25) is 0 Å². The third-order valence-corrected chi connectivity index (χ3v) is 4.65.